The molecule has 6 nitrogen and oxygen atoms in total. The van der Waals surface area contributed by atoms with Gasteiger partial charge in [-0.25, -0.2) is 4.98 Å². The van der Waals surface area contributed by atoms with E-state index in [9.17, 15) is 9.59 Å². The Labute approximate surface area is 193 Å². The average Bonchev–Trinajstić information content (AvgIpc) is 3.34. The van der Waals surface area contributed by atoms with Gasteiger partial charge < -0.3 is 14.4 Å². The first kappa shape index (κ1) is 22.3. The van der Waals surface area contributed by atoms with E-state index in [1.54, 1.807) is 11.0 Å². The minimum atomic E-state index is -0.107. The standard InChI is InChI=1S/C25H29ClN4O2/c1-3-13-28(14-4-2)24(32)17-30-22-12-8-6-10-20(22)27-25(30)18-15-23(31)29(16-18)21-11-7-5-9-19(21)26/h5-12,18H,3-4,13-17H2,1-2H3. The first-order valence-corrected chi connectivity index (χ1v) is 11.7. The predicted molar refractivity (Wildman–Crippen MR) is 128 cm³/mol. The first-order valence-electron chi connectivity index (χ1n) is 11.3. The van der Waals surface area contributed by atoms with Gasteiger partial charge in [-0.1, -0.05) is 49.7 Å². The Morgan fingerprint density at radius 2 is 1.78 bits per heavy atom. The molecule has 1 saturated heterocycles. The van der Waals surface area contributed by atoms with Crippen molar-refractivity contribution >= 4 is 40.1 Å². The lowest BCUT2D eigenvalue weighted by Crippen LogP contribution is -2.35. The van der Waals surface area contributed by atoms with Crippen LogP contribution in [0.4, 0.5) is 5.69 Å². The molecule has 0 saturated carbocycles. The third kappa shape index (κ3) is 4.37. The van der Waals surface area contributed by atoms with Crippen LogP contribution in [0.5, 0.6) is 0 Å². The number of fused-ring (bicyclic) bond motifs is 1. The number of anilines is 1. The van der Waals surface area contributed by atoms with Gasteiger partial charge in [-0.05, 0) is 37.1 Å². The number of rotatable bonds is 8. The van der Waals surface area contributed by atoms with Gasteiger partial charge in [0.1, 0.15) is 12.4 Å². The number of halogens is 1. The number of carbonyl (C=O) groups is 2. The number of para-hydroxylation sites is 3. The van der Waals surface area contributed by atoms with E-state index in [1.807, 2.05) is 51.9 Å². The highest BCUT2D eigenvalue weighted by atomic mass is 35.5. The zero-order valence-electron chi connectivity index (χ0n) is 18.6. The molecule has 168 valence electrons. The van der Waals surface area contributed by atoms with E-state index in [0.29, 0.717) is 18.0 Å². The van der Waals surface area contributed by atoms with Gasteiger partial charge in [0.2, 0.25) is 11.8 Å². The van der Waals surface area contributed by atoms with Crippen LogP contribution in [0.2, 0.25) is 5.02 Å². The van der Waals surface area contributed by atoms with E-state index in [-0.39, 0.29) is 24.3 Å². The second-order valence-corrected chi connectivity index (χ2v) is 8.69. The number of aromatic nitrogens is 2. The Kier molecular flexibility index (Phi) is 6.80. The molecule has 0 spiro atoms. The summed E-state index contributed by atoms with van der Waals surface area (Å²) in [5.41, 5.74) is 2.49. The summed E-state index contributed by atoms with van der Waals surface area (Å²) in [5, 5.41) is 0.556. The van der Waals surface area contributed by atoms with Crippen molar-refractivity contribution in [2.24, 2.45) is 0 Å². The van der Waals surface area contributed by atoms with Crippen LogP contribution in [-0.2, 0) is 16.1 Å². The Morgan fingerprint density at radius 3 is 2.50 bits per heavy atom. The number of benzene rings is 2. The molecule has 2 heterocycles. The van der Waals surface area contributed by atoms with Gasteiger partial charge in [-0.3, -0.25) is 9.59 Å². The van der Waals surface area contributed by atoms with Gasteiger partial charge in [0.15, 0.2) is 0 Å². The average molecular weight is 453 g/mol. The fraction of sp³-hybridized carbons (Fsp3) is 0.400. The van der Waals surface area contributed by atoms with Crippen LogP contribution in [0.25, 0.3) is 11.0 Å². The quantitative estimate of drug-likeness (QED) is 0.490. The van der Waals surface area contributed by atoms with Crippen LogP contribution in [0, 0.1) is 0 Å². The summed E-state index contributed by atoms with van der Waals surface area (Å²) in [6.45, 7) is 6.39. The van der Waals surface area contributed by atoms with Gasteiger partial charge >= 0.3 is 0 Å². The molecule has 32 heavy (non-hydrogen) atoms. The second-order valence-electron chi connectivity index (χ2n) is 8.28. The summed E-state index contributed by atoms with van der Waals surface area (Å²) in [6.07, 6.45) is 2.19. The second kappa shape index (κ2) is 9.74. The van der Waals surface area contributed by atoms with Crippen LogP contribution in [0.1, 0.15) is 44.9 Å². The lowest BCUT2D eigenvalue weighted by atomic mass is 10.1. The van der Waals surface area contributed by atoms with Crippen LogP contribution in [-0.4, -0.2) is 45.9 Å². The molecule has 3 aromatic rings. The monoisotopic (exact) mass is 452 g/mol. The number of amides is 2. The number of carbonyl (C=O) groups excluding carboxylic acids is 2. The van der Waals surface area contributed by atoms with Crippen LogP contribution in [0.15, 0.2) is 48.5 Å². The van der Waals surface area contributed by atoms with E-state index >= 15 is 0 Å². The molecule has 1 aromatic heterocycles. The molecule has 2 amide bonds. The summed E-state index contributed by atoms with van der Waals surface area (Å²) < 4.78 is 2.00. The number of hydrogen-bond donors (Lipinski definition) is 0. The van der Waals surface area contributed by atoms with Gasteiger partial charge in [0.25, 0.3) is 0 Å². The Balaban J connectivity index is 1.67. The summed E-state index contributed by atoms with van der Waals surface area (Å²) in [5.74, 6) is 0.789. The Bertz CT molecular complexity index is 1120. The minimum Gasteiger partial charge on any atom is -0.341 e. The highest BCUT2D eigenvalue weighted by molar-refractivity contribution is 6.33. The van der Waals surface area contributed by atoms with Crippen LogP contribution >= 0.6 is 11.6 Å². The number of hydrogen-bond acceptors (Lipinski definition) is 3. The summed E-state index contributed by atoms with van der Waals surface area (Å²) in [6, 6.07) is 15.2. The molecule has 4 rings (SSSR count). The van der Waals surface area contributed by atoms with E-state index in [2.05, 4.69) is 13.8 Å². The van der Waals surface area contributed by atoms with E-state index in [0.717, 1.165) is 48.5 Å². The highest BCUT2D eigenvalue weighted by Crippen LogP contribution is 2.36. The molecule has 0 bridgehead atoms. The molecule has 1 aliphatic heterocycles. The molecule has 0 radical (unpaired) electrons. The zero-order valence-corrected chi connectivity index (χ0v) is 19.4. The van der Waals surface area contributed by atoms with Gasteiger partial charge in [-0.15, -0.1) is 0 Å². The highest BCUT2D eigenvalue weighted by Gasteiger charge is 2.36. The van der Waals surface area contributed by atoms with Crippen LogP contribution in [0.3, 0.4) is 0 Å². The van der Waals surface area contributed by atoms with Gasteiger partial charge in [-0.2, -0.15) is 0 Å². The van der Waals surface area contributed by atoms with Gasteiger partial charge in [0, 0.05) is 32.0 Å². The summed E-state index contributed by atoms with van der Waals surface area (Å²) >= 11 is 6.36. The molecular formula is C25H29ClN4O2. The van der Waals surface area contributed by atoms with E-state index < -0.39 is 0 Å². The van der Waals surface area contributed by atoms with Gasteiger partial charge in [0.05, 0.1) is 21.7 Å². The predicted octanol–water partition coefficient (Wildman–Crippen LogP) is 4.86. The molecule has 1 aliphatic rings. The molecule has 1 unspecified atom stereocenters. The van der Waals surface area contributed by atoms with Crippen LogP contribution < -0.4 is 4.90 Å². The van der Waals surface area contributed by atoms with Crippen molar-refractivity contribution in [3.05, 3.63) is 59.4 Å². The minimum absolute atomic E-state index is 0.0200. The first-order chi connectivity index (χ1) is 15.5. The Hall–Kier alpha value is -2.86. The lowest BCUT2D eigenvalue weighted by Gasteiger charge is -2.23. The maximum absolute atomic E-state index is 13.2. The third-order valence-electron chi connectivity index (χ3n) is 5.95. The van der Waals surface area contributed by atoms with Crippen molar-refractivity contribution in [3.8, 4) is 0 Å². The largest absolute Gasteiger partial charge is 0.341 e. The Morgan fingerprint density at radius 1 is 1.09 bits per heavy atom. The summed E-state index contributed by atoms with van der Waals surface area (Å²) in [7, 11) is 0. The number of nitrogens with zero attached hydrogens (tertiary/aromatic N) is 4. The van der Waals surface area contributed by atoms with Crippen molar-refractivity contribution in [1.29, 1.82) is 0 Å². The SMILES string of the molecule is CCCN(CCC)C(=O)Cn1c(C2CC(=O)N(c3ccccc3Cl)C2)nc2ccccc21. The van der Waals surface area contributed by atoms with Crippen molar-refractivity contribution in [2.45, 2.75) is 45.6 Å². The van der Waals surface area contributed by atoms with Crippen molar-refractivity contribution in [3.63, 3.8) is 0 Å². The maximum atomic E-state index is 13.2. The summed E-state index contributed by atoms with van der Waals surface area (Å²) in [4.78, 5) is 34.6. The van der Waals surface area contributed by atoms with E-state index in [1.165, 1.54) is 0 Å². The molecule has 1 fully saturated rings. The third-order valence-corrected chi connectivity index (χ3v) is 6.27. The maximum Gasteiger partial charge on any atom is 0.242 e. The molecule has 7 heteroatoms. The lowest BCUT2D eigenvalue weighted by molar-refractivity contribution is -0.131. The molecule has 0 N–H and O–H groups in total. The number of imidazole rings is 1. The fourth-order valence-corrected chi connectivity index (χ4v) is 4.73. The van der Waals surface area contributed by atoms with E-state index in [4.69, 9.17) is 16.6 Å². The molecular weight excluding hydrogens is 424 g/mol. The normalized spacial score (nSPS) is 16.2. The fourth-order valence-electron chi connectivity index (χ4n) is 4.49. The molecule has 2 aromatic carbocycles. The topological polar surface area (TPSA) is 58.4 Å². The smallest absolute Gasteiger partial charge is 0.242 e. The van der Waals surface area contributed by atoms with Crippen molar-refractivity contribution in [2.75, 3.05) is 24.5 Å². The molecule has 0 aliphatic carbocycles. The zero-order chi connectivity index (χ0) is 22.7. The molecule has 1 atom stereocenters. The van der Waals surface area contributed by atoms with Crippen molar-refractivity contribution < 1.29 is 9.59 Å². The van der Waals surface area contributed by atoms with Crippen molar-refractivity contribution in [1.82, 2.24) is 14.5 Å².